The molecule has 2 N–H and O–H groups in total. The van der Waals surface area contributed by atoms with Crippen LogP contribution in [0.25, 0.3) is 0 Å². The molecule has 1 aliphatic heterocycles. The third-order valence-electron chi connectivity index (χ3n) is 4.48. The molecule has 0 saturated carbocycles. The number of nitrogens with zero attached hydrogens (tertiary/aromatic N) is 2. The number of carboxylic acid groups (broad SMARTS) is 1. The number of carboxylic acids is 1. The Balaban J connectivity index is 1.69. The summed E-state index contributed by atoms with van der Waals surface area (Å²) in [5, 5.41) is 12.4. The fourth-order valence-electron chi connectivity index (χ4n) is 3.22. The maximum absolute atomic E-state index is 12.6. The molecular weight excluding hydrogens is 318 g/mol. The van der Waals surface area contributed by atoms with Gasteiger partial charge in [-0.2, -0.15) is 0 Å². The smallest absolute Gasteiger partial charge is 0.320 e. The normalized spacial score (nSPS) is 20.3. The number of aliphatic carboxylic acids is 1. The topological polar surface area (TPSA) is 82.5 Å². The summed E-state index contributed by atoms with van der Waals surface area (Å²) in [6.07, 6.45) is 2.70. The lowest BCUT2D eigenvalue weighted by molar-refractivity contribution is -0.143. The number of amides is 1. The molecule has 1 fully saturated rings. The molecule has 2 unspecified atom stereocenters. The van der Waals surface area contributed by atoms with E-state index in [2.05, 4.69) is 10.3 Å². The van der Waals surface area contributed by atoms with Crippen LogP contribution in [-0.2, 0) is 22.7 Å². The number of rotatable bonds is 6. The first-order valence-electron chi connectivity index (χ1n) is 8.35. The Labute approximate surface area is 146 Å². The van der Waals surface area contributed by atoms with Crippen LogP contribution in [0.5, 0.6) is 0 Å². The van der Waals surface area contributed by atoms with Gasteiger partial charge in [0.2, 0.25) is 5.91 Å². The zero-order valence-corrected chi connectivity index (χ0v) is 13.8. The van der Waals surface area contributed by atoms with E-state index in [-0.39, 0.29) is 5.91 Å². The molecule has 1 aliphatic rings. The van der Waals surface area contributed by atoms with Gasteiger partial charge < -0.3 is 10.4 Å². The fourth-order valence-corrected chi connectivity index (χ4v) is 3.22. The Bertz CT molecular complexity index is 721. The summed E-state index contributed by atoms with van der Waals surface area (Å²) in [5.74, 6) is -1.03. The van der Waals surface area contributed by atoms with Crippen molar-refractivity contribution in [1.29, 1.82) is 0 Å². The van der Waals surface area contributed by atoms with Gasteiger partial charge in [-0.3, -0.25) is 19.5 Å². The molecule has 0 radical (unpaired) electrons. The first-order valence-corrected chi connectivity index (χ1v) is 8.35. The van der Waals surface area contributed by atoms with Crippen LogP contribution in [0.2, 0.25) is 0 Å². The highest BCUT2D eigenvalue weighted by Gasteiger charge is 2.41. The molecule has 1 aromatic carbocycles. The molecular formula is C19H21N3O3. The Hall–Kier alpha value is -2.73. The average molecular weight is 339 g/mol. The van der Waals surface area contributed by atoms with Gasteiger partial charge in [-0.05, 0) is 30.5 Å². The zero-order chi connectivity index (χ0) is 17.6. The number of nitrogens with one attached hydrogen (secondary N) is 1. The Morgan fingerprint density at radius 1 is 1.08 bits per heavy atom. The summed E-state index contributed by atoms with van der Waals surface area (Å²) in [5.41, 5.74) is 1.77. The van der Waals surface area contributed by atoms with E-state index in [4.69, 9.17) is 0 Å². The largest absolute Gasteiger partial charge is 0.480 e. The first kappa shape index (κ1) is 17.1. The van der Waals surface area contributed by atoms with Gasteiger partial charge in [0.25, 0.3) is 0 Å². The number of hydrogen-bond acceptors (Lipinski definition) is 4. The van der Waals surface area contributed by atoms with Crippen molar-refractivity contribution in [2.24, 2.45) is 0 Å². The molecule has 0 spiro atoms. The number of aromatic nitrogens is 1. The molecule has 25 heavy (non-hydrogen) atoms. The second-order valence-electron chi connectivity index (χ2n) is 6.14. The average Bonchev–Trinajstić information content (AvgIpc) is 3.05. The van der Waals surface area contributed by atoms with Crippen molar-refractivity contribution in [3.8, 4) is 0 Å². The number of benzene rings is 1. The molecule has 1 aromatic heterocycles. The van der Waals surface area contributed by atoms with Crippen LogP contribution in [0.3, 0.4) is 0 Å². The maximum atomic E-state index is 12.6. The van der Waals surface area contributed by atoms with E-state index in [1.54, 1.807) is 11.1 Å². The van der Waals surface area contributed by atoms with E-state index in [0.717, 1.165) is 11.3 Å². The summed E-state index contributed by atoms with van der Waals surface area (Å²) in [4.78, 5) is 30.1. The highest BCUT2D eigenvalue weighted by Crippen LogP contribution is 2.27. The number of likely N-dealkylation sites (tertiary alicyclic amines) is 1. The van der Waals surface area contributed by atoms with Crippen molar-refractivity contribution in [3.63, 3.8) is 0 Å². The van der Waals surface area contributed by atoms with Crippen LogP contribution >= 0.6 is 0 Å². The lowest BCUT2D eigenvalue weighted by Crippen LogP contribution is -2.47. The molecule has 6 heteroatoms. The number of carbonyl (C=O) groups excluding carboxylic acids is 1. The zero-order valence-electron chi connectivity index (χ0n) is 13.8. The lowest BCUT2D eigenvalue weighted by atomic mass is 10.1. The van der Waals surface area contributed by atoms with Crippen LogP contribution in [0.1, 0.15) is 24.1 Å². The van der Waals surface area contributed by atoms with Gasteiger partial charge in [0, 0.05) is 12.7 Å². The van der Waals surface area contributed by atoms with E-state index in [0.29, 0.717) is 25.9 Å². The maximum Gasteiger partial charge on any atom is 0.320 e. The van der Waals surface area contributed by atoms with Gasteiger partial charge in [0.05, 0.1) is 18.3 Å². The van der Waals surface area contributed by atoms with Crippen LogP contribution < -0.4 is 5.32 Å². The van der Waals surface area contributed by atoms with Gasteiger partial charge in [-0.25, -0.2) is 0 Å². The molecule has 6 nitrogen and oxygen atoms in total. The van der Waals surface area contributed by atoms with Crippen LogP contribution in [0, 0.1) is 0 Å². The van der Waals surface area contributed by atoms with Gasteiger partial charge in [0.15, 0.2) is 0 Å². The third-order valence-corrected chi connectivity index (χ3v) is 4.48. The molecule has 130 valence electrons. The van der Waals surface area contributed by atoms with E-state index >= 15 is 0 Å². The Morgan fingerprint density at radius 3 is 2.48 bits per heavy atom. The Kier molecular flexibility index (Phi) is 5.40. The second kappa shape index (κ2) is 7.90. The number of hydrogen-bond donors (Lipinski definition) is 2. The third kappa shape index (κ3) is 4.22. The fraction of sp³-hybridized carbons (Fsp3) is 0.316. The summed E-state index contributed by atoms with van der Waals surface area (Å²) < 4.78 is 0. The van der Waals surface area contributed by atoms with Crippen molar-refractivity contribution >= 4 is 11.9 Å². The SMILES string of the molecule is O=C(O)C1CCC(C(=O)NCc2ccccn2)N1Cc1ccccc1. The Morgan fingerprint density at radius 2 is 1.80 bits per heavy atom. The van der Waals surface area contributed by atoms with E-state index in [1.165, 1.54) is 0 Å². The second-order valence-corrected chi connectivity index (χ2v) is 6.14. The van der Waals surface area contributed by atoms with Crippen molar-refractivity contribution in [2.45, 2.75) is 38.0 Å². The predicted octanol–water partition coefficient (Wildman–Crippen LogP) is 1.82. The summed E-state index contributed by atoms with van der Waals surface area (Å²) in [7, 11) is 0. The minimum Gasteiger partial charge on any atom is -0.480 e. The number of pyridine rings is 1. The van der Waals surface area contributed by atoms with Crippen LogP contribution in [0.15, 0.2) is 54.7 Å². The molecule has 1 amide bonds. The molecule has 3 rings (SSSR count). The highest BCUT2D eigenvalue weighted by atomic mass is 16.4. The van der Waals surface area contributed by atoms with E-state index in [9.17, 15) is 14.7 Å². The lowest BCUT2D eigenvalue weighted by Gasteiger charge is -2.27. The van der Waals surface area contributed by atoms with Crippen molar-refractivity contribution in [3.05, 3.63) is 66.0 Å². The van der Waals surface area contributed by atoms with Crippen molar-refractivity contribution < 1.29 is 14.7 Å². The monoisotopic (exact) mass is 339 g/mol. The summed E-state index contributed by atoms with van der Waals surface area (Å²) >= 11 is 0. The van der Waals surface area contributed by atoms with Crippen molar-refractivity contribution in [1.82, 2.24) is 15.2 Å². The summed E-state index contributed by atoms with van der Waals surface area (Å²) in [6, 6.07) is 14.1. The quantitative estimate of drug-likeness (QED) is 0.839. The molecule has 0 bridgehead atoms. The predicted molar refractivity (Wildman–Crippen MR) is 92.5 cm³/mol. The molecule has 2 heterocycles. The van der Waals surface area contributed by atoms with Gasteiger partial charge in [-0.1, -0.05) is 36.4 Å². The summed E-state index contributed by atoms with van der Waals surface area (Å²) in [6.45, 7) is 0.784. The van der Waals surface area contributed by atoms with Gasteiger partial charge >= 0.3 is 5.97 Å². The molecule has 0 aliphatic carbocycles. The van der Waals surface area contributed by atoms with Gasteiger partial charge in [-0.15, -0.1) is 0 Å². The van der Waals surface area contributed by atoms with Crippen molar-refractivity contribution in [2.75, 3.05) is 0 Å². The standard InChI is InChI=1S/C19H21N3O3/c23-18(21-12-15-8-4-5-11-20-15)16-9-10-17(19(24)25)22(16)13-14-6-2-1-3-7-14/h1-8,11,16-17H,9-10,12-13H2,(H,21,23)(H,24,25). The van der Waals surface area contributed by atoms with E-state index < -0.39 is 18.1 Å². The highest BCUT2D eigenvalue weighted by molar-refractivity contribution is 5.84. The van der Waals surface area contributed by atoms with E-state index in [1.807, 2.05) is 48.5 Å². The number of carbonyl (C=O) groups is 2. The minimum atomic E-state index is -0.879. The van der Waals surface area contributed by atoms with Crippen LogP contribution in [0.4, 0.5) is 0 Å². The minimum absolute atomic E-state index is 0.148. The first-order chi connectivity index (χ1) is 12.1. The molecule has 2 aromatic rings. The van der Waals surface area contributed by atoms with Crippen LogP contribution in [-0.4, -0.2) is 39.0 Å². The molecule has 2 atom stereocenters. The molecule has 1 saturated heterocycles. The van der Waals surface area contributed by atoms with Gasteiger partial charge in [0.1, 0.15) is 6.04 Å².